The largest absolute Gasteiger partial charge is 0.509 e. The summed E-state index contributed by atoms with van der Waals surface area (Å²) in [5.41, 5.74) is -0.595. The summed E-state index contributed by atoms with van der Waals surface area (Å²) in [4.78, 5) is 0. The molecule has 0 aliphatic carbocycles. The Kier molecular flexibility index (Phi) is 7.56. The molecule has 1 aromatic carbocycles. The molecule has 1 nitrogen and oxygen atoms in total. The molecule has 0 heterocycles. The molecule has 114 valence electrons. The Bertz CT molecular complexity index is 380. The second kappa shape index (κ2) is 8.93. The molecule has 0 saturated carbocycles. The fourth-order valence-corrected chi connectivity index (χ4v) is 2.06. The van der Waals surface area contributed by atoms with Gasteiger partial charge in [-0.3, -0.25) is 0 Å². The van der Waals surface area contributed by atoms with E-state index in [1.807, 2.05) is 0 Å². The average Bonchev–Trinajstić information content (AvgIpc) is 2.41. The van der Waals surface area contributed by atoms with E-state index in [0.29, 0.717) is 12.4 Å². The summed E-state index contributed by atoms with van der Waals surface area (Å²) in [7, 11) is 0. The quantitative estimate of drug-likeness (QED) is 0.440. The van der Waals surface area contributed by atoms with E-state index in [4.69, 9.17) is 4.74 Å². The molecule has 0 saturated heterocycles. The summed E-state index contributed by atoms with van der Waals surface area (Å²) < 4.78 is 43.1. The smallest absolute Gasteiger partial charge is 0.494 e. The van der Waals surface area contributed by atoms with Crippen LogP contribution in [0.1, 0.15) is 51.9 Å². The molecule has 1 aromatic rings. The lowest BCUT2D eigenvalue weighted by atomic mass is 9.80. The van der Waals surface area contributed by atoms with Gasteiger partial charge < -0.3 is 17.7 Å². The number of hydrogen-bond acceptors (Lipinski definition) is 1. The standard InChI is InChI=1S/C15H23BF3O/c1-2-3-4-5-6-7-8-12-20-15-11-9-10-14(13-15)16(17,18)19/h9-11,13H,2-8,12H2,1H3/q-1. The van der Waals surface area contributed by atoms with Crippen molar-refractivity contribution in [3.05, 3.63) is 24.3 Å². The van der Waals surface area contributed by atoms with Crippen LogP contribution >= 0.6 is 0 Å². The second-order valence-electron chi connectivity index (χ2n) is 5.12. The Morgan fingerprint density at radius 3 is 2.25 bits per heavy atom. The summed E-state index contributed by atoms with van der Waals surface area (Å²) in [5.74, 6) is 0.313. The van der Waals surface area contributed by atoms with Gasteiger partial charge in [-0.1, -0.05) is 57.6 Å². The third kappa shape index (κ3) is 6.87. The van der Waals surface area contributed by atoms with Crippen LogP contribution < -0.4 is 10.2 Å². The van der Waals surface area contributed by atoms with Crippen LogP contribution in [-0.2, 0) is 0 Å². The van der Waals surface area contributed by atoms with Crippen molar-refractivity contribution in [2.75, 3.05) is 6.61 Å². The van der Waals surface area contributed by atoms with Gasteiger partial charge in [0.15, 0.2) is 0 Å². The lowest BCUT2D eigenvalue weighted by Gasteiger charge is -2.16. The van der Waals surface area contributed by atoms with Crippen molar-refractivity contribution in [3.8, 4) is 5.75 Å². The Labute approximate surface area is 119 Å². The van der Waals surface area contributed by atoms with E-state index in [-0.39, 0.29) is 0 Å². The molecule has 0 atom stereocenters. The highest BCUT2D eigenvalue weighted by Gasteiger charge is 2.25. The molecule has 1 rings (SSSR count). The molecule has 0 aliphatic rings. The molecule has 0 N–H and O–H groups in total. The summed E-state index contributed by atoms with van der Waals surface area (Å²) in [6, 6.07) is 5.14. The first-order valence-corrected chi connectivity index (χ1v) is 7.46. The Morgan fingerprint density at radius 2 is 1.60 bits per heavy atom. The number of halogens is 3. The predicted molar refractivity (Wildman–Crippen MR) is 78.6 cm³/mol. The molecule has 0 unspecified atom stereocenters. The minimum atomic E-state index is -4.94. The van der Waals surface area contributed by atoms with Crippen LogP contribution in [0.2, 0.25) is 0 Å². The fraction of sp³-hybridized carbons (Fsp3) is 0.600. The van der Waals surface area contributed by atoms with E-state index in [2.05, 4.69) is 6.92 Å². The highest BCUT2D eigenvalue weighted by molar-refractivity contribution is 6.73. The van der Waals surface area contributed by atoms with Gasteiger partial charge in [-0.2, -0.15) is 0 Å². The number of ether oxygens (including phenoxy) is 1. The van der Waals surface area contributed by atoms with Crippen molar-refractivity contribution in [1.29, 1.82) is 0 Å². The SMILES string of the molecule is CCCCCCCCCOc1cccc([B-](F)(F)F)c1. The number of unbranched alkanes of at least 4 members (excludes halogenated alkanes) is 6. The first-order chi connectivity index (χ1) is 9.54. The zero-order chi connectivity index (χ0) is 14.8. The molecule has 0 bridgehead atoms. The number of hydrogen-bond donors (Lipinski definition) is 0. The summed E-state index contributed by atoms with van der Waals surface area (Å²) >= 11 is 0. The number of benzene rings is 1. The topological polar surface area (TPSA) is 9.23 Å². The maximum Gasteiger partial charge on any atom is 0.509 e. The van der Waals surface area contributed by atoms with Gasteiger partial charge in [-0.05, 0) is 18.6 Å². The van der Waals surface area contributed by atoms with Gasteiger partial charge in [0, 0.05) is 0 Å². The molecule has 0 aromatic heterocycles. The lowest BCUT2D eigenvalue weighted by molar-refractivity contribution is 0.304. The van der Waals surface area contributed by atoms with Gasteiger partial charge >= 0.3 is 6.98 Å². The van der Waals surface area contributed by atoms with Gasteiger partial charge in [0.05, 0.1) is 6.61 Å². The predicted octanol–water partition coefficient (Wildman–Crippen LogP) is 4.87. The van der Waals surface area contributed by atoms with Crippen molar-refractivity contribution in [3.63, 3.8) is 0 Å². The van der Waals surface area contributed by atoms with Gasteiger partial charge in [0.25, 0.3) is 0 Å². The second-order valence-corrected chi connectivity index (χ2v) is 5.12. The summed E-state index contributed by atoms with van der Waals surface area (Å²) in [6.45, 7) is -2.27. The maximum atomic E-state index is 12.6. The van der Waals surface area contributed by atoms with E-state index in [1.54, 1.807) is 6.07 Å². The van der Waals surface area contributed by atoms with Crippen LogP contribution in [0.3, 0.4) is 0 Å². The van der Waals surface area contributed by atoms with Crippen molar-refractivity contribution >= 4 is 12.4 Å². The monoisotopic (exact) mass is 287 g/mol. The first kappa shape index (κ1) is 16.9. The Morgan fingerprint density at radius 1 is 0.950 bits per heavy atom. The average molecular weight is 287 g/mol. The fourth-order valence-electron chi connectivity index (χ4n) is 2.06. The van der Waals surface area contributed by atoms with E-state index in [1.165, 1.54) is 38.2 Å². The Hall–Kier alpha value is -1.13. The molecule has 0 spiro atoms. The van der Waals surface area contributed by atoms with Crippen LogP contribution in [0, 0.1) is 0 Å². The zero-order valence-electron chi connectivity index (χ0n) is 12.1. The highest BCUT2D eigenvalue weighted by Crippen LogP contribution is 2.15. The summed E-state index contributed by atoms with van der Waals surface area (Å²) in [6.07, 6.45) is 8.17. The lowest BCUT2D eigenvalue weighted by Crippen LogP contribution is -2.33. The minimum absolute atomic E-state index is 0.313. The Balaban J connectivity index is 2.19. The van der Waals surface area contributed by atoms with Gasteiger partial charge in [-0.15, -0.1) is 5.46 Å². The van der Waals surface area contributed by atoms with Crippen molar-refractivity contribution in [2.45, 2.75) is 51.9 Å². The molecular formula is C15H23BF3O-. The van der Waals surface area contributed by atoms with Crippen LogP contribution in [-0.4, -0.2) is 13.6 Å². The van der Waals surface area contributed by atoms with Crippen LogP contribution in [0.25, 0.3) is 0 Å². The molecule has 0 fully saturated rings. The first-order valence-electron chi connectivity index (χ1n) is 7.46. The normalized spacial score (nSPS) is 11.6. The van der Waals surface area contributed by atoms with E-state index in [9.17, 15) is 12.9 Å². The molecule has 0 radical (unpaired) electrons. The van der Waals surface area contributed by atoms with Gasteiger partial charge in [0.1, 0.15) is 5.75 Å². The highest BCUT2D eigenvalue weighted by atomic mass is 19.4. The molecule has 0 amide bonds. The molecule has 5 heteroatoms. The van der Waals surface area contributed by atoms with Crippen LogP contribution in [0.15, 0.2) is 24.3 Å². The van der Waals surface area contributed by atoms with Crippen LogP contribution in [0.5, 0.6) is 5.75 Å². The van der Waals surface area contributed by atoms with Crippen molar-refractivity contribution in [2.24, 2.45) is 0 Å². The van der Waals surface area contributed by atoms with E-state index in [0.717, 1.165) is 25.0 Å². The third-order valence-electron chi connectivity index (χ3n) is 3.25. The number of rotatable bonds is 10. The zero-order valence-corrected chi connectivity index (χ0v) is 12.1. The minimum Gasteiger partial charge on any atom is -0.494 e. The van der Waals surface area contributed by atoms with E-state index < -0.39 is 12.4 Å². The molecule has 0 aliphatic heterocycles. The third-order valence-corrected chi connectivity index (χ3v) is 3.25. The van der Waals surface area contributed by atoms with Gasteiger partial charge in [-0.25, -0.2) is 0 Å². The van der Waals surface area contributed by atoms with E-state index >= 15 is 0 Å². The molecular weight excluding hydrogens is 264 g/mol. The van der Waals surface area contributed by atoms with Gasteiger partial charge in [0.2, 0.25) is 0 Å². The summed E-state index contributed by atoms with van der Waals surface area (Å²) in [5, 5.41) is 0. The van der Waals surface area contributed by atoms with Crippen molar-refractivity contribution in [1.82, 2.24) is 0 Å². The van der Waals surface area contributed by atoms with Crippen LogP contribution in [0.4, 0.5) is 12.9 Å². The maximum absolute atomic E-state index is 12.6. The van der Waals surface area contributed by atoms with Crippen molar-refractivity contribution < 1.29 is 17.7 Å². The molecule has 20 heavy (non-hydrogen) atoms.